The quantitative estimate of drug-likeness (QED) is 0.503. The summed E-state index contributed by atoms with van der Waals surface area (Å²) < 4.78 is 1.46. The highest BCUT2D eigenvalue weighted by atomic mass is 16.2. The lowest BCUT2D eigenvalue weighted by Crippen LogP contribution is -2.46. The zero-order valence-electron chi connectivity index (χ0n) is 17.1. The van der Waals surface area contributed by atoms with Crippen LogP contribution in [0.2, 0.25) is 0 Å². The van der Waals surface area contributed by atoms with Gasteiger partial charge in [0.15, 0.2) is 11.5 Å². The SMILES string of the molecule is O=C(Nc1cc(N2CCN(c3ccccc3)CC2)ncn1)c1ccc(-n2cncn2)nn1. The minimum absolute atomic E-state index is 0.172. The highest BCUT2D eigenvalue weighted by Gasteiger charge is 2.19. The van der Waals surface area contributed by atoms with Crippen LogP contribution in [0.5, 0.6) is 0 Å². The van der Waals surface area contributed by atoms with Crippen LogP contribution in [0.1, 0.15) is 10.5 Å². The van der Waals surface area contributed by atoms with Crippen LogP contribution in [0, 0.1) is 0 Å². The molecule has 0 spiro atoms. The smallest absolute Gasteiger partial charge is 0.277 e. The van der Waals surface area contributed by atoms with Gasteiger partial charge in [0.2, 0.25) is 0 Å². The van der Waals surface area contributed by atoms with Crippen LogP contribution in [0.15, 0.2) is 67.5 Å². The number of hydrogen-bond acceptors (Lipinski definition) is 9. The van der Waals surface area contributed by atoms with Gasteiger partial charge < -0.3 is 15.1 Å². The van der Waals surface area contributed by atoms with Crippen LogP contribution < -0.4 is 15.1 Å². The number of carbonyl (C=O) groups excluding carboxylic acids is 1. The van der Waals surface area contributed by atoms with Gasteiger partial charge in [-0.3, -0.25) is 4.79 Å². The zero-order chi connectivity index (χ0) is 21.8. The van der Waals surface area contributed by atoms with Crippen molar-refractivity contribution in [3.8, 4) is 5.82 Å². The number of aromatic nitrogens is 7. The van der Waals surface area contributed by atoms with Crippen molar-refractivity contribution >= 4 is 23.2 Å². The lowest BCUT2D eigenvalue weighted by molar-refractivity contribution is 0.102. The van der Waals surface area contributed by atoms with E-state index in [1.54, 1.807) is 18.2 Å². The number of hydrogen-bond donors (Lipinski definition) is 1. The molecule has 0 saturated carbocycles. The Kier molecular flexibility index (Phi) is 5.35. The summed E-state index contributed by atoms with van der Waals surface area (Å²) in [6.45, 7) is 3.44. The van der Waals surface area contributed by atoms with Crippen LogP contribution in [-0.2, 0) is 0 Å². The molecule has 0 radical (unpaired) electrons. The van der Waals surface area contributed by atoms with Gasteiger partial charge >= 0.3 is 0 Å². The maximum atomic E-state index is 12.6. The summed E-state index contributed by atoms with van der Waals surface area (Å²) in [6, 6.07) is 15.4. The Morgan fingerprint density at radius 3 is 2.38 bits per heavy atom. The van der Waals surface area contributed by atoms with E-state index in [-0.39, 0.29) is 5.69 Å². The Balaban J connectivity index is 1.22. The molecule has 11 heteroatoms. The van der Waals surface area contributed by atoms with E-state index < -0.39 is 5.91 Å². The van der Waals surface area contributed by atoms with Gasteiger partial charge in [-0.1, -0.05) is 18.2 Å². The first-order chi connectivity index (χ1) is 15.8. The standard InChI is InChI=1S/C21H20N10O/c32-21(17-6-7-19(28-27-17)31-15-22-13-25-31)26-18-12-20(24-14-23-18)30-10-8-29(9-11-30)16-4-2-1-3-5-16/h1-7,12-15H,8-11H2,(H,23,24,26,32). The number of amides is 1. The average molecular weight is 428 g/mol. The van der Waals surface area contributed by atoms with Gasteiger partial charge in [0.25, 0.3) is 5.91 Å². The predicted molar refractivity (Wildman–Crippen MR) is 118 cm³/mol. The summed E-state index contributed by atoms with van der Waals surface area (Å²) in [5, 5.41) is 14.7. The first-order valence-corrected chi connectivity index (χ1v) is 10.1. The first kappa shape index (κ1) is 19.5. The van der Waals surface area contributed by atoms with E-state index in [0.29, 0.717) is 11.6 Å². The van der Waals surface area contributed by atoms with Crippen molar-refractivity contribution in [2.45, 2.75) is 0 Å². The lowest BCUT2D eigenvalue weighted by atomic mass is 10.2. The Morgan fingerprint density at radius 1 is 0.844 bits per heavy atom. The van der Waals surface area contributed by atoms with Gasteiger partial charge in [-0.25, -0.2) is 19.6 Å². The number of carbonyl (C=O) groups is 1. The summed E-state index contributed by atoms with van der Waals surface area (Å²) >= 11 is 0. The second-order valence-corrected chi connectivity index (χ2v) is 7.14. The Labute approximate surface area is 183 Å². The van der Waals surface area contributed by atoms with Crippen molar-refractivity contribution in [3.05, 3.63) is 73.2 Å². The van der Waals surface area contributed by atoms with Crippen LogP contribution >= 0.6 is 0 Å². The second kappa shape index (κ2) is 8.76. The molecule has 3 aromatic heterocycles. The molecule has 160 valence electrons. The maximum absolute atomic E-state index is 12.6. The number of benzene rings is 1. The summed E-state index contributed by atoms with van der Waals surface area (Å²) in [7, 11) is 0. The summed E-state index contributed by atoms with van der Waals surface area (Å²) in [6.07, 6.45) is 4.36. The molecule has 0 atom stereocenters. The Bertz CT molecular complexity index is 1170. The van der Waals surface area contributed by atoms with Crippen molar-refractivity contribution in [1.29, 1.82) is 0 Å². The molecule has 1 fully saturated rings. The highest BCUT2D eigenvalue weighted by molar-refractivity contribution is 6.02. The fourth-order valence-electron chi connectivity index (χ4n) is 3.50. The van der Waals surface area contributed by atoms with E-state index in [1.807, 2.05) is 18.2 Å². The van der Waals surface area contributed by atoms with Gasteiger partial charge in [0.1, 0.15) is 30.6 Å². The molecule has 1 saturated heterocycles. The van der Waals surface area contributed by atoms with Gasteiger partial charge in [-0.2, -0.15) is 5.10 Å². The zero-order valence-corrected chi connectivity index (χ0v) is 17.1. The fraction of sp³-hybridized carbons (Fsp3) is 0.190. The molecular formula is C21H20N10O. The fourth-order valence-corrected chi connectivity index (χ4v) is 3.50. The van der Waals surface area contributed by atoms with Crippen LogP contribution in [0.4, 0.5) is 17.3 Å². The Hall–Kier alpha value is -4.41. The third-order valence-electron chi connectivity index (χ3n) is 5.16. The van der Waals surface area contributed by atoms with Gasteiger partial charge in [-0.05, 0) is 24.3 Å². The first-order valence-electron chi connectivity index (χ1n) is 10.1. The van der Waals surface area contributed by atoms with E-state index in [0.717, 1.165) is 32.0 Å². The molecule has 11 nitrogen and oxygen atoms in total. The predicted octanol–water partition coefficient (Wildman–Crippen LogP) is 1.43. The molecule has 1 N–H and O–H groups in total. The number of nitrogens with zero attached hydrogens (tertiary/aromatic N) is 9. The van der Waals surface area contributed by atoms with E-state index in [1.165, 1.54) is 29.4 Å². The van der Waals surface area contributed by atoms with Crippen molar-refractivity contribution < 1.29 is 4.79 Å². The van der Waals surface area contributed by atoms with Crippen LogP contribution in [0.3, 0.4) is 0 Å². The summed E-state index contributed by atoms with van der Waals surface area (Å²) in [4.78, 5) is 29.5. The van der Waals surface area contributed by atoms with Crippen molar-refractivity contribution in [3.63, 3.8) is 0 Å². The van der Waals surface area contributed by atoms with Gasteiger partial charge in [0, 0.05) is 37.9 Å². The molecule has 4 heterocycles. The molecule has 0 aliphatic carbocycles. The lowest BCUT2D eigenvalue weighted by Gasteiger charge is -2.36. The van der Waals surface area contributed by atoms with Gasteiger partial charge in [-0.15, -0.1) is 10.2 Å². The molecule has 5 rings (SSSR count). The maximum Gasteiger partial charge on any atom is 0.277 e. The molecule has 0 bridgehead atoms. The summed E-state index contributed by atoms with van der Waals surface area (Å²) in [5.41, 5.74) is 1.39. The average Bonchev–Trinajstić information content (AvgIpc) is 3.40. The Morgan fingerprint density at radius 2 is 1.66 bits per heavy atom. The minimum Gasteiger partial charge on any atom is -0.368 e. The molecular weight excluding hydrogens is 408 g/mol. The molecule has 1 aromatic carbocycles. The van der Waals surface area contributed by atoms with Crippen LogP contribution in [0.25, 0.3) is 5.82 Å². The van der Waals surface area contributed by atoms with E-state index in [4.69, 9.17) is 0 Å². The number of nitrogens with one attached hydrogen (secondary N) is 1. The van der Waals surface area contributed by atoms with Crippen molar-refractivity contribution in [2.75, 3.05) is 41.3 Å². The number of piperazine rings is 1. The monoisotopic (exact) mass is 428 g/mol. The van der Waals surface area contributed by atoms with Crippen molar-refractivity contribution in [1.82, 2.24) is 34.9 Å². The molecule has 0 unspecified atom stereocenters. The highest BCUT2D eigenvalue weighted by Crippen LogP contribution is 2.20. The number of rotatable bonds is 5. The largest absolute Gasteiger partial charge is 0.368 e. The van der Waals surface area contributed by atoms with Crippen molar-refractivity contribution in [2.24, 2.45) is 0 Å². The topological polar surface area (TPSA) is 118 Å². The van der Waals surface area contributed by atoms with Crippen LogP contribution in [-0.4, -0.2) is 67.0 Å². The van der Waals surface area contributed by atoms with E-state index in [2.05, 4.69) is 57.5 Å². The van der Waals surface area contributed by atoms with E-state index >= 15 is 0 Å². The number of anilines is 3. The third-order valence-corrected chi connectivity index (χ3v) is 5.16. The third kappa shape index (κ3) is 4.21. The molecule has 1 aliphatic heterocycles. The second-order valence-electron chi connectivity index (χ2n) is 7.14. The minimum atomic E-state index is -0.402. The number of para-hydroxylation sites is 1. The van der Waals surface area contributed by atoms with Gasteiger partial charge in [0.05, 0.1) is 0 Å². The molecule has 32 heavy (non-hydrogen) atoms. The van der Waals surface area contributed by atoms with E-state index in [9.17, 15) is 4.79 Å². The normalized spacial score (nSPS) is 13.8. The molecule has 4 aromatic rings. The summed E-state index contributed by atoms with van der Waals surface area (Å²) in [5.74, 6) is 1.25. The molecule has 1 amide bonds. The molecule has 1 aliphatic rings.